The van der Waals surface area contributed by atoms with Crippen molar-refractivity contribution in [1.29, 1.82) is 0 Å². The van der Waals surface area contributed by atoms with E-state index in [0.717, 1.165) is 17.7 Å². The van der Waals surface area contributed by atoms with Crippen LogP contribution in [0.4, 0.5) is 8.78 Å². The Morgan fingerprint density at radius 2 is 2.00 bits per heavy atom. The number of carbonyl (C=O) groups excluding carboxylic acids is 1. The van der Waals surface area contributed by atoms with E-state index in [1.165, 1.54) is 6.07 Å². The van der Waals surface area contributed by atoms with E-state index < -0.39 is 17.7 Å². The van der Waals surface area contributed by atoms with Gasteiger partial charge in [0.05, 0.1) is 6.04 Å². The quantitative estimate of drug-likeness (QED) is 0.916. The Morgan fingerprint density at radius 1 is 1.21 bits per heavy atom. The number of ether oxygens (including phenoxy) is 1. The standard InChI is InChI=1S/C18H18F2N2O2/c19-14-3-2-13(11-15(14)20)18-16(7-10-24-18)22-17(23)4-1-12-5-8-21-9-6-12/h2-3,5-6,8-9,11,16,18H,1,4,7,10H2,(H,22,23). The third-order valence-corrected chi connectivity index (χ3v) is 4.10. The molecule has 0 spiro atoms. The average molecular weight is 332 g/mol. The topological polar surface area (TPSA) is 51.2 Å². The number of benzene rings is 1. The van der Waals surface area contributed by atoms with Gasteiger partial charge >= 0.3 is 0 Å². The number of carbonyl (C=O) groups is 1. The second kappa shape index (κ2) is 7.49. The van der Waals surface area contributed by atoms with Gasteiger partial charge in [-0.25, -0.2) is 8.78 Å². The summed E-state index contributed by atoms with van der Waals surface area (Å²) in [7, 11) is 0. The Bertz CT molecular complexity index is 709. The number of aryl methyl sites for hydroxylation is 1. The van der Waals surface area contributed by atoms with E-state index in [1.54, 1.807) is 12.4 Å². The molecule has 1 N–H and O–H groups in total. The molecule has 126 valence electrons. The predicted octanol–water partition coefficient (Wildman–Crippen LogP) is 2.94. The van der Waals surface area contributed by atoms with Crippen LogP contribution in [0.15, 0.2) is 42.7 Å². The van der Waals surface area contributed by atoms with Gasteiger partial charge in [0.1, 0.15) is 6.10 Å². The fraction of sp³-hybridized carbons (Fsp3) is 0.333. The summed E-state index contributed by atoms with van der Waals surface area (Å²) in [5.41, 5.74) is 1.57. The molecule has 2 heterocycles. The molecule has 0 aliphatic carbocycles. The van der Waals surface area contributed by atoms with Crippen molar-refractivity contribution in [3.05, 3.63) is 65.5 Å². The first-order valence-electron chi connectivity index (χ1n) is 7.88. The minimum absolute atomic E-state index is 0.0881. The number of aromatic nitrogens is 1. The smallest absolute Gasteiger partial charge is 0.220 e. The second-order valence-electron chi connectivity index (χ2n) is 5.78. The first kappa shape index (κ1) is 16.5. The van der Waals surface area contributed by atoms with E-state index >= 15 is 0 Å². The summed E-state index contributed by atoms with van der Waals surface area (Å²) in [5.74, 6) is -1.89. The number of nitrogens with one attached hydrogen (secondary N) is 1. The molecule has 1 aromatic heterocycles. The van der Waals surface area contributed by atoms with Crippen LogP contribution >= 0.6 is 0 Å². The number of hydrogen-bond donors (Lipinski definition) is 1. The molecular weight excluding hydrogens is 314 g/mol. The first-order chi connectivity index (χ1) is 11.6. The number of amides is 1. The highest BCUT2D eigenvalue weighted by Crippen LogP contribution is 2.30. The van der Waals surface area contributed by atoms with Crippen molar-refractivity contribution in [2.24, 2.45) is 0 Å². The van der Waals surface area contributed by atoms with Gasteiger partial charge in [-0.3, -0.25) is 9.78 Å². The van der Waals surface area contributed by atoms with Gasteiger partial charge in [-0.2, -0.15) is 0 Å². The monoisotopic (exact) mass is 332 g/mol. The van der Waals surface area contributed by atoms with Crippen LogP contribution in [0.3, 0.4) is 0 Å². The molecule has 1 saturated heterocycles. The van der Waals surface area contributed by atoms with Crippen molar-refractivity contribution < 1.29 is 18.3 Å². The normalized spacial score (nSPS) is 20.1. The molecule has 2 aromatic rings. The Labute approximate surface area is 138 Å². The summed E-state index contributed by atoms with van der Waals surface area (Å²) in [5, 5.41) is 2.94. The van der Waals surface area contributed by atoms with Crippen LogP contribution in [0.2, 0.25) is 0 Å². The van der Waals surface area contributed by atoms with Crippen LogP contribution < -0.4 is 5.32 Å². The van der Waals surface area contributed by atoms with Crippen LogP contribution in [0, 0.1) is 11.6 Å². The molecule has 3 rings (SSSR count). The fourth-order valence-electron chi connectivity index (χ4n) is 2.84. The summed E-state index contributed by atoms with van der Waals surface area (Å²) >= 11 is 0. The van der Waals surface area contributed by atoms with Crippen LogP contribution in [0.5, 0.6) is 0 Å². The van der Waals surface area contributed by atoms with Crippen molar-refractivity contribution in [1.82, 2.24) is 10.3 Å². The van der Waals surface area contributed by atoms with Crippen molar-refractivity contribution in [3.63, 3.8) is 0 Å². The van der Waals surface area contributed by atoms with E-state index in [0.29, 0.717) is 31.4 Å². The van der Waals surface area contributed by atoms with Crippen LogP contribution in [0.1, 0.15) is 30.1 Å². The summed E-state index contributed by atoms with van der Waals surface area (Å²) in [6.07, 6.45) is 4.55. The van der Waals surface area contributed by atoms with E-state index in [2.05, 4.69) is 10.3 Å². The van der Waals surface area contributed by atoms with Gasteiger partial charge in [0, 0.05) is 25.4 Å². The Kier molecular flexibility index (Phi) is 5.15. The van der Waals surface area contributed by atoms with E-state index in [-0.39, 0.29) is 11.9 Å². The largest absolute Gasteiger partial charge is 0.371 e. The summed E-state index contributed by atoms with van der Waals surface area (Å²) in [6.45, 7) is 0.471. The Balaban J connectivity index is 1.59. The molecule has 0 saturated carbocycles. The number of hydrogen-bond acceptors (Lipinski definition) is 3. The zero-order valence-electron chi connectivity index (χ0n) is 13.0. The highest BCUT2D eigenvalue weighted by atomic mass is 19.2. The first-order valence-corrected chi connectivity index (χ1v) is 7.88. The minimum atomic E-state index is -0.911. The second-order valence-corrected chi connectivity index (χ2v) is 5.78. The summed E-state index contributed by atoms with van der Waals surface area (Å²) in [6, 6.07) is 7.20. The third kappa shape index (κ3) is 3.94. The molecule has 2 unspecified atom stereocenters. The minimum Gasteiger partial charge on any atom is -0.371 e. The van der Waals surface area contributed by atoms with Crippen LogP contribution in [0.25, 0.3) is 0 Å². The molecule has 1 amide bonds. The molecule has 1 aromatic carbocycles. The molecule has 0 bridgehead atoms. The number of rotatable bonds is 5. The van der Waals surface area contributed by atoms with E-state index in [9.17, 15) is 13.6 Å². The van der Waals surface area contributed by atoms with Gasteiger partial charge in [0.2, 0.25) is 5.91 Å². The molecule has 24 heavy (non-hydrogen) atoms. The SMILES string of the molecule is O=C(CCc1ccncc1)NC1CCOC1c1ccc(F)c(F)c1. The van der Waals surface area contributed by atoms with Crippen LogP contribution in [-0.2, 0) is 16.0 Å². The maximum Gasteiger partial charge on any atom is 0.220 e. The van der Waals surface area contributed by atoms with Gasteiger partial charge in [-0.05, 0) is 48.2 Å². The molecular formula is C18H18F2N2O2. The Hall–Kier alpha value is -2.34. The molecule has 6 heteroatoms. The van der Waals surface area contributed by atoms with Gasteiger partial charge in [0.25, 0.3) is 0 Å². The molecule has 0 radical (unpaired) electrons. The zero-order valence-corrected chi connectivity index (χ0v) is 13.0. The van der Waals surface area contributed by atoms with Gasteiger partial charge in [-0.1, -0.05) is 6.07 Å². The lowest BCUT2D eigenvalue weighted by Crippen LogP contribution is -2.37. The third-order valence-electron chi connectivity index (χ3n) is 4.10. The van der Waals surface area contributed by atoms with Crippen molar-refractivity contribution in [3.8, 4) is 0 Å². The Morgan fingerprint density at radius 3 is 2.75 bits per heavy atom. The number of halogens is 2. The number of nitrogens with zero attached hydrogens (tertiary/aromatic N) is 1. The summed E-state index contributed by atoms with van der Waals surface area (Å²) < 4.78 is 32.1. The zero-order chi connectivity index (χ0) is 16.9. The highest BCUT2D eigenvalue weighted by molar-refractivity contribution is 5.76. The lowest BCUT2D eigenvalue weighted by molar-refractivity contribution is -0.122. The van der Waals surface area contributed by atoms with Crippen molar-refractivity contribution in [2.45, 2.75) is 31.4 Å². The van der Waals surface area contributed by atoms with Crippen molar-refractivity contribution in [2.75, 3.05) is 6.61 Å². The maximum atomic E-state index is 13.4. The number of pyridine rings is 1. The average Bonchev–Trinajstić information content (AvgIpc) is 3.04. The van der Waals surface area contributed by atoms with Gasteiger partial charge in [-0.15, -0.1) is 0 Å². The molecule has 2 atom stereocenters. The van der Waals surface area contributed by atoms with Gasteiger partial charge in [0.15, 0.2) is 11.6 Å². The fourth-order valence-corrected chi connectivity index (χ4v) is 2.84. The molecule has 1 fully saturated rings. The lowest BCUT2D eigenvalue weighted by Gasteiger charge is -2.20. The van der Waals surface area contributed by atoms with Gasteiger partial charge < -0.3 is 10.1 Å². The molecule has 1 aliphatic rings. The lowest BCUT2D eigenvalue weighted by atomic mass is 10.0. The molecule has 4 nitrogen and oxygen atoms in total. The van der Waals surface area contributed by atoms with Crippen molar-refractivity contribution >= 4 is 5.91 Å². The predicted molar refractivity (Wildman–Crippen MR) is 84.2 cm³/mol. The molecule has 1 aliphatic heterocycles. The van der Waals surface area contributed by atoms with Crippen LogP contribution in [-0.4, -0.2) is 23.5 Å². The van der Waals surface area contributed by atoms with E-state index in [1.807, 2.05) is 12.1 Å². The summed E-state index contributed by atoms with van der Waals surface area (Å²) in [4.78, 5) is 16.1. The maximum absolute atomic E-state index is 13.4. The highest BCUT2D eigenvalue weighted by Gasteiger charge is 2.31. The van der Waals surface area contributed by atoms with E-state index in [4.69, 9.17) is 4.74 Å².